The van der Waals surface area contributed by atoms with E-state index in [0.29, 0.717) is 0 Å². The van der Waals surface area contributed by atoms with Gasteiger partial charge in [0.05, 0.1) is 20.3 Å². The Bertz CT molecular complexity index is 623. The number of ether oxygens (including phenoxy) is 2. The fourth-order valence-electron chi connectivity index (χ4n) is 2.66. The smallest absolute Gasteiger partial charge is 0.123 e. The first kappa shape index (κ1) is 15.4. The van der Waals surface area contributed by atoms with Crippen LogP contribution in [-0.2, 0) is 0 Å². The van der Waals surface area contributed by atoms with Crippen LogP contribution in [0.5, 0.6) is 11.5 Å². The van der Waals surface area contributed by atoms with Gasteiger partial charge in [-0.05, 0) is 44.2 Å². The summed E-state index contributed by atoms with van der Waals surface area (Å²) in [6.07, 6.45) is 0. The van der Waals surface area contributed by atoms with Gasteiger partial charge in [-0.2, -0.15) is 0 Å². The molecule has 0 amide bonds. The molecule has 0 spiro atoms. The SMILES string of the molecule is CNC(c1ccc(OC)c(C)c1)c1cc(C)ccc1OC. The maximum absolute atomic E-state index is 5.52. The van der Waals surface area contributed by atoms with Crippen molar-refractivity contribution in [2.24, 2.45) is 0 Å². The van der Waals surface area contributed by atoms with Gasteiger partial charge in [-0.15, -0.1) is 0 Å². The Hall–Kier alpha value is -2.00. The minimum Gasteiger partial charge on any atom is -0.496 e. The summed E-state index contributed by atoms with van der Waals surface area (Å²) in [6.45, 7) is 4.15. The van der Waals surface area contributed by atoms with Gasteiger partial charge < -0.3 is 14.8 Å². The third-order valence-electron chi connectivity index (χ3n) is 3.74. The minimum atomic E-state index is 0.0875. The molecule has 0 aliphatic heterocycles. The summed E-state index contributed by atoms with van der Waals surface area (Å²) in [4.78, 5) is 0. The molecule has 0 aromatic heterocycles. The van der Waals surface area contributed by atoms with Crippen LogP contribution in [-0.4, -0.2) is 21.3 Å². The van der Waals surface area contributed by atoms with Gasteiger partial charge in [-0.25, -0.2) is 0 Å². The fourth-order valence-corrected chi connectivity index (χ4v) is 2.66. The van der Waals surface area contributed by atoms with E-state index in [0.717, 1.165) is 22.6 Å². The molecule has 3 heteroatoms. The van der Waals surface area contributed by atoms with Crippen molar-refractivity contribution >= 4 is 0 Å². The highest BCUT2D eigenvalue weighted by Gasteiger charge is 2.17. The summed E-state index contributed by atoms with van der Waals surface area (Å²) < 4.78 is 10.9. The first-order valence-electron chi connectivity index (χ1n) is 7.07. The second kappa shape index (κ2) is 6.64. The fraction of sp³-hybridized carbons (Fsp3) is 0.333. The van der Waals surface area contributed by atoms with Gasteiger partial charge in [-0.3, -0.25) is 0 Å². The molecule has 1 N–H and O–H groups in total. The van der Waals surface area contributed by atoms with Crippen molar-refractivity contribution in [3.8, 4) is 11.5 Å². The molecule has 0 saturated carbocycles. The molecular formula is C18H23NO2. The van der Waals surface area contributed by atoms with Crippen LogP contribution in [0.25, 0.3) is 0 Å². The quantitative estimate of drug-likeness (QED) is 0.910. The van der Waals surface area contributed by atoms with Crippen LogP contribution in [0.2, 0.25) is 0 Å². The van der Waals surface area contributed by atoms with Gasteiger partial charge in [0, 0.05) is 5.56 Å². The Morgan fingerprint density at radius 2 is 1.57 bits per heavy atom. The second-order valence-corrected chi connectivity index (χ2v) is 5.20. The van der Waals surface area contributed by atoms with E-state index in [9.17, 15) is 0 Å². The van der Waals surface area contributed by atoms with Gasteiger partial charge >= 0.3 is 0 Å². The number of benzene rings is 2. The summed E-state index contributed by atoms with van der Waals surface area (Å²) >= 11 is 0. The maximum atomic E-state index is 5.52. The monoisotopic (exact) mass is 285 g/mol. The Labute approximate surface area is 126 Å². The average Bonchev–Trinajstić information content (AvgIpc) is 2.48. The molecule has 0 saturated heterocycles. The van der Waals surface area contributed by atoms with E-state index in [1.54, 1.807) is 14.2 Å². The van der Waals surface area contributed by atoms with Gasteiger partial charge in [-0.1, -0.05) is 29.8 Å². The van der Waals surface area contributed by atoms with E-state index in [4.69, 9.17) is 9.47 Å². The number of aryl methyl sites for hydroxylation is 2. The molecule has 0 radical (unpaired) electrons. The first-order valence-corrected chi connectivity index (χ1v) is 7.07. The molecule has 2 rings (SSSR count). The van der Waals surface area contributed by atoms with Crippen LogP contribution in [0.3, 0.4) is 0 Å². The predicted molar refractivity (Wildman–Crippen MR) is 86.4 cm³/mol. The molecule has 0 bridgehead atoms. The third-order valence-corrected chi connectivity index (χ3v) is 3.74. The van der Waals surface area contributed by atoms with Crippen LogP contribution in [0.4, 0.5) is 0 Å². The standard InChI is InChI=1S/C18H23NO2/c1-12-6-8-17(21-5)15(10-12)18(19-3)14-7-9-16(20-4)13(2)11-14/h6-11,18-19H,1-5H3. The number of hydrogen-bond donors (Lipinski definition) is 1. The lowest BCUT2D eigenvalue weighted by molar-refractivity contribution is 0.404. The zero-order valence-corrected chi connectivity index (χ0v) is 13.4. The number of nitrogens with one attached hydrogen (secondary N) is 1. The molecule has 0 aliphatic rings. The van der Waals surface area contributed by atoms with Crippen LogP contribution < -0.4 is 14.8 Å². The molecule has 0 aliphatic carbocycles. The van der Waals surface area contributed by atoms with Crippen molar-refractivity contribution in [1.29, 1.82) is 0 Å². The molecule has 21 heavy (non-hydrogen) atoms. The van der Waals surface area contributed by atoms with E-state index in [-0.39, 0.29) is 6.04 Å². The Balaban J connectivity index is 2.49. The Morgan fingerprint density at radius 1 is 0.905 bits per heavy atom. The van der Waals surface area contributed by atoms with Crippen molar-refractivity contribution in [2.75, 3.05) is 21.3 Å². The van der Waals surface area contributed by atoms with Gasteiger partial charge in [0.15, 0.2) is 0 Å². The van der Waals surface area contributed by atoms with Crippen LogP contribution in [0, 0.1) is 13.8 Å². The topological polar surface area (TPSA) is 30.5 Å². The summed E-state index contributed by atoms with van der Waals surface area (Å²) in [5.74, 6) is 1.80. The van der Waals surface area contributed by atoms with Crippen LogP contribution in [0.1, 0.15) is 28.3 Å². The van der Waals surface area contributed by atoms with Crippen molar-refractivity contribution in [2.45, 2.75) is 19.9 Å². The molecule has 3 nitrogen and oxygen atoms in total. The zero-order chi connectivity index (χ0) is 15.4. The Morgan fingerprint density at radius 3 is 2.14 bits per heavy atom. The van der Waals surface area contributed by atoms with E-state index >= 15 is 0 Å². The largest absolute Gasteiger partial charge is 0.496 e. The molecule has 1 unspecified atom stereocenters. The maximum Gasteiger partial charge on any atom is 0.123 e. The Kier molecular flexibility index (Phi) is 4.86. The summed E-state index contributed by atoms with van der Waals surface area (Å²) in [7, 11) is 5.37. The minimum absolute atomic E-state index is 0.0875. The predicted octanol–water partition coefficient (Wildman–Crippen LogP) is 3.63. The van der Waals surface area contributed by atoms with Crippen LogP contribution >= 0.6 is 0 Å². The molecule has 0 fully saturated rings. The van der Waals surface area contributed by atoms with E-state index in [1.165, 1.54) is 11.1 Å². The summed E-state index contributed by atoms with van der Waals surface area (Å²) in [5.41, 5.74) is 4.68. The second-order valence-electron chi connectivity index (χ2n) is 5.20. The van der Waals surface area contributed by atoms with Gasteiger partial charge in [0.25, 0.3) is 0 Å². The lowest BCUT2D eigenvalue weighted by Gasteiger charge is -2.21. The zero-order valence-electron chi connectivity index (χ0n) is 13.4. The van der Waals surface area contributed by atoms with Crippen molar-refractivity contribution in [1.82, 2.24) is 5.32 Å². The summed E-state index contributed by atoms with van der Waals surface area (Å²) in [6, 6.07) is 12.6. The highest BCUT2D eigenvalue weighted by molar-refractivity contribution is 5.46. The highest BCUT2D eigenvalue weighted by Crippen LogP contribution is 2.32. The highest BCUT2D eigenvalue weighted by atomic mass is 16.5. The molecule has 1 atom stereocenters. The first-order chi connectivity index (χ1) is 10.1. The van der Waals surface area contributed by atoms with Crippen LogP contribution in [0.15, 0.2) is 36.4 Å². The van der Waals surface area contributed by atoms with Crippen molar-refractivity contribution in [3.05, 3.63) is 58.7 Å². The van der Waals surface area contributed by atoms with E-state index < -0.39 is 0 Å². The third kappa shape index (κ3) is 3.19. The lowest BCUT2D eigenvalue weighted by Crippen LogP contribution is -2.18. The normalized spacial score (nSPS) is 12.0. The number of rotatable bonds is 5. The molecule has 112 valence electrons. The van der Waals surface area contributed by atoms with Gasteiger partial charge in [0.2, 0.25) is 0 Å². The number of hydrogen-bond acceptors (Lipinski definition) is 3. The molecule has 2 aromatic rings. The van der Waals surface area contributed by atoms with Gasteiger partial charge in [0.1, 0.15) is 11.5 Å². The van der Waals surface area contributed by atoms with E-state index in [2.05, 4.69) is 43.4 Å². The molecule has 2 aromatic carbocycles. The lowest BCUT2D eigenvalue weighted by atomic mass is 9.95. The van der Waals surface area contributed by atoms with Crippen molar-refractivity contribution < 1.29 is 9.47 Å². The van der Waals surface area contributed by atoms with E-state index in [1.807, 2.05) is 19.2 Å². The molecule has 0 heterocycles. The number of methoxy groups -OCH3 is 2. The average molecular weight is 285 g/mol. The molecular weight excluding hydrogens is 262 g/mol. The summed E-state index contributed by atoms with van der Waals surface area (Å²) in [5, 5.41) is 3.38. The van der Waals surface area contributed by atoms with Crippen molar-refractivity contribution in [3.63, 3.8) is 0 Å².